The lowest BCUT2D eigenvalue weighted by Gasteiger charge is -2.25. The van der Waals surface area contributed by atoms with Crippen molar-refractivity contribution in [3.05, 3.63) is 88.5 Å². The van der Waals surface area contributed by atoms with E-state index >= 15 is 0 Å². The second kappa shape index (κ2) is 10.9. The highest BCUT2D eigenvalue weighted by Gasteiger charge is 2.22. The van der Waals surface area contributed by atoms with E-state index in [4.69, 9.17) is 21.0 Å². The number of hydrogen-bond donors (Lipinski definition) is 5. The summed E-state index contributed by atoms with van der Waals surface area (Å²) >= 11 is 0. The lowest BCUT2D eigenvalue weighted by atomic mass is 9.85. The van der Waals surface area contributed by atoms with E-state index in [1.54, 1.807) is 30.3 Å². The molecule has 0 aromatic heterocycles. The Morgan fingerprint density at radius 1 is 1.06 bits per heavy atom. The van der Waals surface area contributed by atoms with Gasteiger partial charge < -0.3 is 26.2 Å². The molecule has 0 aliphatic carbocycles. The van der Waals surface area contributed by atoms with Crippen LogP contribution in [-0.4, -0.2) is 29.4 Å². The summed E-state index contributed by atoms with van der Waals surface area (Å²) in [5, 5.41) is 22.9. The van der Waals surface area contributed by atoms with Crippen LogP contribution in [0.2, 0.25) is 0 Å². The number of carbonyl (C=O) groups is 2. The molecule has 0 bridgehead atoms. The number of para-hydroxylation sites is 1. The molecule has 8 nitrogen and oxygen atoms in total. The fraction of sp³-hybridized carbons (Fsp3) is 0.250. The number of ether oxygens (including phenoxy) is 1. The molecular formula is C28H32N4O4. The average Bonchev–Trinajstić information content (AvgIpc) is 2.81. The maximum atomic E-state index is 13.1. The summed E-state index contributed by atoms with van der Waals surface area (Å²) in [7, 11) is 0. The number of rotatable bonds is 9. The smallest absolute Gasteiger partial charge is 0.341 e. The van der Waals surface area contributed by atoms with Gasteiger partial charge in [0.05, 0.1) is 5.56 Å². The maximum Gasteiger partial charge on any atom is 0.341 e. The molecule has 6 N–H and O–H groups in total. The molecule has 0 fully saturated rings. The zero-order chi connectivity index (χ0) is 26.5. The molecule has 3 rings (SSSR count). The standard InChI is InChI=1S/C28H32N4O4/c1-17-8-13-23(21(14-17)27(35)32-20-11-9-18(10-12-20)26(29)30)31-15-19-6-5-7-22(28(2,3)4)25(19)36-16-24(33)34/h5-14,31H,15-16H2,1-4H3,(H3,29,30)(H,32,35)(H,33,34). The number of carboxylic acids is 1. The van der Waals surface area contributed by atoms with Crippen molar-refractivity contribution < 1.29 is 19.4 Å². The van der Waals surface area contributed by atoms with Crippen molar-refractivity contribution in [2.24, 2.45) is 5.73 Å². The van der Waals surface area contributed by atoms with Crippen LogP contribution in [0.15, 0.2) is 60.7 Å². The van der Waals surface area contributed by atoms with Crippen LogP contribution in [-0.2, 0) is 16.8 Å². The number of nitrogen functional groups attached to an aromatic ring is 1. The van der Waals surface area contributed by atoms with E-state index < -0.39 is 12.6 Å². The van der Waals surface area contributed by atoms with E-state index in [2.05, 4.69) is 10.6 Å². The van der Waals surface area contributed by atoms with Gasteiger partial charge in [-0.15, -0.1) is 0 Å². The first-order chi connectivity index (χ1) is 17.0. The number of anilines is 2. The van der Waals surface area contributed by atoms with Gasteiger partial charge in [-0.25, -0.2) is 4.79 Å². The number of amides is 1. The SMILES string of the molecule is Cc1ccc(NCc2cccc(C(C)(C)C)c2OCC(=O)O)c(C(=O)Nc2ccc(C(=N)N)cc2)c1. The van der Waals surface area contributed by atoms with Crippen LogP contribution < -0.4 is 21.1 Å². The zero-order valence-corrected chi connectivity index (χ0v) is 20.9. The summed E-state index contributed by atoms with van der Waals surface area (Å²) in [6.45, 7) is 7.92. The van der Waals surface area contributed by atoms with Crippen molar-refractivity contribution in [2.75, 3.05) is 17.2 Å². The Hall–Kier alpha value is -4.33. The first-order valence-corrected chi connectivity index (χ1v) is 11.5. The molecule has 0 unspecified atom stereocenters. The normalized spacial score (nSPS) is 11.0. The molecule has 0 aliphatic heterocycles. The Balaban J connectivity index is 1.86. The van der Waals surface area contributed by atoms with Crippen LogP contribution in [0.4, 0.5) is 11.4 Å². The largest absolute Gasteiger partial charge is 0.481 e. The molecule has 0 saturated heterocycles. The number of hydrogen-bond acceptors (Lipinski definition) is 5. The molecule has 0 saturated carbocycles. The number of nitrogens with two attached hydrogens (primary N) is 1. The van der Waals surface area contributed by atoms with Gasteiger partial charge in [0.15, 0.2) is 6.61 Å². The van der Waals surface area contributed by atoms with Crippen molar-refractivity contribution in [1.82, 2.24) is 0 Å². The van der Waals surface area contributed by atoms with Crippen molar-refractivity contribution in [1.29, 1.82) is 5.41 Å². The summed E-state index contributed by atoms with van der Waals surface area (Å²) < 4.78 is 5.70. The van der Waals surface area contributed by atoms with Gasteiger partial charge in [-0.3, -0.25) is 10.2 Å². The monoisotopic (exact) mass is 488 g/mol. The Morgan fingerprint density at radius 2 is 1.75 bits per heavy atom. The minimum Gasteiger partial charge on any atom is -0.481 e. The van der Waals surface area contributed by atoms with E-state index in [9.17, 15) is 9.59 Å². The molecular weight excluding hydrogens is 456 g/mol. The van der Waals surface area contributed by atoms with Gasteiger partial charge in [0.2, 0.25) is 0 Å². The number of nitrogens with one attached hydrogen (secondary N) is 3. The third-order valence-corrected chi connectivity index (χ3v) is 5.59. The molecule has 36 heavy (non-hydrogen) atoms. The van der Waals surface area contributed by atoms with Gasteiger partial charge in [0.25, 0.3) is 5.91 Å². The minimum atomic E-state index is -1.05. The number of carboxylic acid groups (broad SMARTS) is 1. The molecule has 3 aromatic carbocycles. The summed E-state index contributed by atoms with van der Waals surface area (Å²) in [5.74, 6) is -0.849. The van der Waals surface area contributed by atoms with Crippen LogP contribution >= 0.6 is 0 Å². The lowest BCUT2D eigenvalue weighted by Crippen LogP contribution is -2.19. The third kappa shape index (κ3) is 6.63. The van der Waals surface area contributed by atoms with Gasteiger partial charge >= 0.3 is 5.97 Å². The molecule has 0 aliphatic rings. The maximum absolute atomic E-state index is 13.1. The highest BCUT2D eigenvalue weighted by molar-refractivity contribution is 6.08. The van der Waals surface area contributed by atoms with Crippen LogP contribution in [0.25, 0.3) is 0 Å². The van der Waals surface area contributed by atoms with E-state index in [-0.39, 0.29) is 17.2 Å². The van der Waals surface area contributed by atoms with Crippen molar-refractivity contribution in [3.8, 4) is 5.75 Å². The molecule has 0 spiro atoms. The van der Waals surface area contributed by atoms with Crippen molar-refractivity contribution in [3.63, 3.8) is 0 Å². The molecule has 0 heterocycles. The Morgan fingerprint density at radius 3 is 2.36 bits per heavy atom. The molecule has 8 heteroatoms. The summed E-state index contributed by atoms with van der Waals surface area (Å²) in [4.78, 5) is 24.3. The minimum absolute atomic E-state index is 0.0414. The predicted octanol–water partition coefficient (Wildman–Crippen LogP) is 4.90. The molecule has 0 radical (unpaired) electrons. The van der Waals surface area contributed by atoms with E-state index in [1.807, 2.05) is 58.0 Å². The lowest BCUT2D eigenvalue weighted by molar-refractivity contribution is -0.139. The second-order valence-electron chi connectivity index (χ2n) is 9.57. The van der Waals surface area contributed by atoms with Crippen LogP contribution in [0.1, 0.15) is 53.4 Å². The van der Waals surface area contributed by atoms with Crippen LogP contribution in [0, 0.1) is 12.3 Å². The highest BCUT2D eigenvalue weighted by atomic mass is 16.5. The van der Waals surface area contributed by atoms with Crippen LogP contribution in [0.5, 0.6) is 5.75 Å². The van der Waals surface area contributed by atoms with Gasteiger partial charge in [-0.2, -0.15) is 0 Å². The zero-order valence-electron chi connectivity index (χ0n) is 20.9. The second-order valence-corrected chi connectivity index (χ2v) is 9.57. The topological polar surface area (TPSA) is 138 Å². The quantitative estimate of drug-likeness (QED) is 0.214. The molecule has 188 valence electrons. The van der Waals surface area contributed by atoms with Gasteiger partial charge in [0, 0.05) is 29.0 Å². The Labute approximate surface area is 211 Å². The number of aryl methyl sites for hydroxylation is 1. The molecule has 0 atom stereocenters. The fourth-order valence-corrected chi connectivity index (χ4v) is 3.74. The number of benzene rings is 3. The summed E-state index contributed by atoms with van der Waals surface area (Å²) in [5.41, 5.74) is 10.1. The molecule has 3 aromatic rings. The molecule has 1 amide bonds. The van der Waals surface area contributed by atoms with E-state index in [0.717, 1.165) is 16.7 Å². The Bertz CT molecular complexity index is 1280. The third-order valence-electron chi connectivity index (χ3n) is 5.59. The average molecular weight is 489 g/mol. The van der Waals surface area contributed by atoms with Gasteiger partial charge in [0.1, 0.15) is 11.6 Å². The number of carbonyl (C=O) groups excluding carboxylic acids is 1. The van der Waals surface area contributed by atoms with Gasteiger partial charge in [-0.1, -0.05) is 50.6 Å². The van der Waals surface area contributed by atoms with Crippen molar-refractivity contribution in [2.45, 2.75) is 39.7 Å². The number of aliphatic carboxylic acids is 1. The fourth-order valence-electron chi connectivity index (χ4n) is 3.74. The summed E-state index contributed by atoms with van der Waals surface area (Å²) in [6, 6.07) is 18.0. The van der Waals surface area contributed by atoms with E-state index in [0.29, 0.717) is 34.8 Å². The first kappa shape index (κ1) is 26.3. The predicted molar refractivity (Wildman–Crippen MR) is 142 cm³/mol. The first-order valence-electron chi connectivity index (χ1n) is 11.5. The van der Waals surface area contributed by atoms with Gasteiger partial charge in [-0.05, 0) is 54.3 Å². The van der Waals surface area contributed by atoms with Crippen molar-refractivity contribution >= 4 is 29.1 Å². The Kier molecular flexibility index (Phi) is 7.99. The summed E-state index contributed by atoms with van der Waals surface area (Å²) in [6.07, 6.45) is 0. The van der Waals surface area contributed by atoms with Crippen LogP contribution in [0.3, 0.4) is 0 Å². The highest BCUT2D eigenvalue weighted by Crippen LogP contribution is 2.35. The number of amidine groups is 1. The van der Waals surface area contributed by atoms with E-state index in [1.165, 1.54) is 0 Å².